The van der Waals surface area contributed by atoms with Gasteiger partial charge in [0.25, 0.3) is 0 Å². The molecule has 0 amide bonds. The van der Waals surface area contributed by atoms with E-state index in [2.05, 4.69) is 93.6 Å². The van der Waals surface area contributed by atoms with Crippen LogP contribution in [0.25, 0.3) is 28.2 Å². The average Bonchev–Trinajstić information content (AvgIpc) is 3.47. The first-order valence-corrected chi connectivity index (χ1v) is 13.8. The van der Waals surface area contributed by atoms with Crippen molar-refractivity contribution in [1.82, 2.24) is 0 Å². The van der Waals surface area contributed by atoms with E-state index in [-0.39, 0.29) is 5.41 Å². The van der Waals surface area contributed by atoms with E-state index in [1.165, 1.54) is 52.9 Å². The Morgan fingerprint density at radius 2 is 1.36 bits per heavy atom. The van der Waals surface area contributed by atoms with Gasteiger partial charge in [-0.05, 0) is 89.7 Å². The Morgan fingerprint density at radius 3 is 1.97 bits per heavy atom. The minimum atomic E-state index is 0.0217. The largest absolute Gasteiger partial charge is 0.141 e. The van der Waals surface area contributed by atoms with Crippen molar-refractivity contribution in [3.05, 3.63) is 97.6 Å². The van der Waals surface area contributed by atoms with E-state index in [1.54, 1.807) is 0 Å². The highest BCUT2D eigenvalue weighted by molar-refractivity contribution is 7.15. The van der Waals surface area contributed by atoms with Crippen molar-refractivity contribution in [2.24, 2.45) is 5.92 Å². The molecule has 0 saturated heterocycles. The van der Waals surface area contributed by atoms with E-state index in [1.807, 2.05) is 50.4 Å². The van der Waals surface area contributed by atoms with Crippen LogP contribution in [-0.2, 0) is 5.41 Å². The summed E-state index contributed by atoms with van der Waals surface area (Å²) in [5.41, 5.74) is 8.41. The number of benzene rings is 1. The predicted molar refractivity (Wildman–Crippen MR) is 151 cm³/mol. The van der Waals surface area contributed by atoms with Crippen molar-refractivity contribution in [2.45, 2.75) is 53.9 Å². The molecule has 0 N–H and O–H groups in total. The van der Waals surface area contributed by atoms with Crippen molar-refractivity contribution >= 4 is 40.4 Å². The molecule has 170 valence electrons. The maximum absolute atomic E-state index is 2.48. The van der Waals surface area contributed by atoms with Crippen molar-refractivity contribution in [2.75, 3.05) is 0 Å². The SMILES string of the molecule is CC.CC.Cc1ccc(C2=CC3C=Cc4cc(-c5ccc(C)s5)cc5c4C3(C)C(=C2)C=C5)s1. The third kappa shape index (κ3) is 3.94. The van der Waals surface area contributed by atoms with Crippen LogP contribution in [-0.4, -0.2) is 0 Å². The Bertz CT molecular complexity index is 1290. The number of hydrogen-bond donors (Lipinski definition) is 0. The van der Waals surface area contributed by atoms with Gasteiger partial charge in [0.05, 0.1) is 0 Å². The van der Waals surface area contributed by atoms with Gasteiger partial charge in [-0.3, -0.25) is 0 Å². The summed E-state index contributed by atoms with van der Waals surface area (Å²) in [7, 11) is 0. The van der Waals surface area contributed by atoms with Gasteiger partial charge in [0.1, 0.15) is 0 Å². The lowest BCUT2D eigenvalue weighted by molar-refractivity contribution is 0.471. The lowest BCUT2D eigenvalue weighted by atomic mass is 9.57. The standard InChI is InChI=1S/C27H22S2.2C2H6/c1-16-4-10-24(28-16)20-12-18-6-8-22-14-21(25-11-5-17(2)29-25)15-23-9-7-19(13-20)26(18)27(22,23)3;2*1-2/h4-15,22H,1-3H3;2*1-2H3. The highest BCUT2D eigenvalue weighted by atomic mass is 32.1. The van der Waals surface area contributed by atoms with Crippen LogP contribution in [0.4, 0.5) is 0 Å². The van der Waals surface area contributed by atoms with Crippen LogP contribution < -0.4 is 0 Å². The fourth-order valence-corrected chi connectivity index (χ4v) is 6.83. The lowest BCUT2D eigenvalue weighted by Gasteiger charge is -2.45. The quantitative estimate of drug-likeness (QED) is 0.349. The van der Waals surface area contributed by atoms with Crippen LogP contribution >= 0.6 is 22.7 Å². The fraction of sp³-hybridized carbons (Fsp3) is 0.290. The number of rotatable bonds is 2. The maximum atomic E-state index is 2.48. The summed E-state index contributed by atoms with van der Waals surface area (Å²) in [6.45, 7) is 14.8. The highest BCUT2D eigenvalue weighted by Gasteiger charge is 2.44. The van der Waals surface area contributed by atoms with E-state index in [9.17, 15) is 0 Å². The molecule has 0 aliphatic heterocycles. The van der Waals surface area contributed by atoms with Gasteiger partial charge in [-0.2, -0.15) is 0 Å². The molecule has 0 spiro atoms. The Hall–Kier alpha value is -2.42. The normalized spacial score (nSPS) is 21.1. The zero-order chi connectivity index (χ0) is 23.8. The molecular weight excluding hydrogens is 436 g/mol. The molecular formula is C31H34S2. The molecule has 1 aromatic carbocycles. The monoisotopic (exact) mass is 470 g/mol. The van der Waals surface area contributed by atoms with Gasteiger partial charge in [-0.15, -0.1) is 22.7 Å². The molecule has 2 heterocycles. The minimum Gasteiger partial charge on any atom is -0.141 e. The van der Waals surface area contributed by atoms with Crippen LogP contribution in [0.1, 0.15) is 65.9 Å². The summed E-state index contributed by atoms with van der Waals surface area (Å²) < 4.78 is 0. The first-order chi connectivity index (χ1) is 16.0. The van der Waals surface area contributed by atoms with Gasteiger partial charge in [0, 0.05) is 30.8 Å². The second kappa shape index (κ2) is 9.44. The zero-order valence-corrected chi connectivity index (χ0v) is 22.5. The molecule has 0 saturated carbocycles. The van der Waals surface area contributed by atoms with Gasteiger partial charge < -0.3 is 0 Å². The van der Waals surface area contributed by atoms with E-state index in [4.69, 9.17) is 0 Å². The van der Waals surface area contributed by atoms with Gasteiger partial charge >= 0.3 is 0 Å². The summed E-state index contributed by atoms with van der Waals surface area (Å²) in [6.07, 6.45) is 14.4. The van der Waals surface area contributed by atoms with Crippen LogP contribution in [0.3, 0.4) is 0 Å². The summed E-state index contributed by atoms with van der Waals surface area (Å²) in [5.74, 6) is 0.394. The molecule has 0 bridgehead atoms. The Labute approximate surface area is 207 Å². The molecule has 0 radical (unpaired) electrons. The second-order valence-electron chi connectivity index (χ2n) is 8.49. The number of allylic oxidation sites excluding steroid dienone is 6. The summed E-state index contributed by atoms with van der Waals surface area (Å²) >= 11 is 3.77. The Kier molecular flexibility index (Phi) is 6.79. The molecule has 0 nitrogen and oxygen atoms in total. The average molecular weight is 471 g/mol. The third-order valence-electron chi connectivity index (χ3n) is 6.63. The Balaban J connectivity index is 0.000000617. The summed E-state index contributed by atoms with van der Waals surface area (Å²) in [6, 6.07) is 13.7. The molecule has 2 aromatic heterocycles. The molecule has 3 aliphatic carbocycles. The van der Waals surface area contributed by atoms with Gasteiger partial charge in [-0.25, -0.2) is 0 Å². The van der Waals surface area contributed by atoms with E-state index >= 15 is 0 Å². The van der Waals surface area contributed by atoms with Crippen LogP contribution in [0.5, 0.6) is 0 Å². The zero-order valence-electron chi connectivity index (χ0n) is 20.8. The first-order valence-electron chi connectivity index (χ1n) is 12.1. The number of thiophene rings is 2. The van der Waals surface area contributed by atoms with Crippen LogP contribution in [0.2, 0.25) is 0 Å². The van der Waals surface area contributed by atoms with E-state index < -0.39 is 0 Å². The molecule has 0 fully saturated rings. The van der Waals surface area contributed by atoms with E-state index in [0.717, 1.165) is 0 Å². The van der Waals surface area contributed by atoms with Crippen molar-refractivity contribution < 1.29 is 0 Å². The van der Waals surface area contributed by atoms with Gasteiger partial charge in [0.15, 0.2) is 0 Å². The number of aryl methyl sites for hydroxylation is 2. The first kappa shape index (κ1) is 23.7. The minimum absolute atomic E-state index is 0.0217. The molecule has 2 heteroatoms. The third-order valence-corrected chi connectivity index (χ3v) is 8.73. The summed E-state index contributed by atoms with van der Waals surface area (Å²) in [5, 5.41) is 0. The topological polar surface area (TPSA) is 0 Å². The predicted octanol–water partition coefficient (Wildman–Crippen LogP) is 10.1. The van der Waals surface area contributed by atoms with Crippen molar-refractivity contribution in [1.29, 1.82) is 0 Å². The molecule has 2 atom stereocenters. The maximum Gasteiger partial charge on any atom is 0.0345 e. The van der Waals surface area contributed by atoms with Crippen molar-refractivity contribution in [3.63, 3.8) is 0 Å². The van der Waals surface area contributed by atoms with Crippen molar-refractivity contribution in [3.8, 4) is 10.4 Å². The summed E-state index contributed by atoms with van der Waals surface area (Å²) in [4.78, 5) is 5.47. The van der Waals surface area contributed by atoms with Crippen LogP contribution in [0, 0.1) is 19.8 Å². The number of hydrogen-bond acceptors (Lipinski definition) is 2. The highest BCUT2D eigenvalue weighted by Crippen LogP contribution is 2.54. The molecule has 33 heavy (non-hydrogen) atoms. The Morgan fingerprint density at radius 1 is 0.758 bits per heavy atom. The molecule has 2 unspecified atom stereocenters. The van der Waals surface area contributed by atoms with Crippen LogP contribution in [0.15, 0.2) is 66.3 Å². The van der Waals surface area contributed by atoms with Gasteiger partial charge in [-0.1, -0.05) is 65.0 Å². The molecule has 3 aromatic rings. The lowest BCUT2D eigenvalue weighted by Crippen LogP contribution is -2.38. The molecule has 3 aliphatic rings. The van der Waals surface area contributed by atoms with E-state index in [0.29, 0.717) is 5.92 Å². The molecule has 6 rings (SSSR count). The van der Waals surface area contributed by atoms with Gasteiger partial charge in [0.2, 0.25) is 0 Å². The second-order valence-corrected chi connectivity index (χ2v) is 11.1. The smallest absolute Gasteiger partial charge is 0.0345 e. The fourth-order valence-electron chi connectivity index (χ4n) is 5.11.